The lowest BCUT2D eigenvalue weighted by Crippen LogP contribution is -2.36. The summed E-state index contributed by atoms with van der Waals surface area (Å²) < 4.78 is 44.3. The fourth-order valence-corrected chi connectivity index (χ4v) is 21.1. The minimum atomic E-state index is -3.47. The number of benzene rings is 9. The third kappa shape index (κ3) is 31.6. The van der Waals surface area contributed by atoms with Gasteiger partial charge in [-0.2, -0.15) is 5.26 Å². The zero-order valence-electron chi connectivity index (χ0n) is 76.4. The van der Waals surface area contributed by atoms with Crippen molar-refractivity contribution in [1.29, 1.82) is 5.26 Å². The number of halogens is 8. The minimum Gasteiger partial charge on any atom is -0.481 e. The van der Waals surface area contributed by atoms with E-state index < -0.39 is 80.0 Å². The number of amidine groups is 2. The van der Waals surface area contributed by atoms with Gasteiger partial charge in [0.15, 0.2) is 28.1 Å². The number of rotatable bonds is 46. The molecule has 2 heterocycles. The van der Waals surface area contributed by atoms with E-state index in [2.05, 4.69) is 52.0 Å². The van der Waals surface area contributed by atoms with E-state index >= 15 is 0 Å². The number of nitriles is 1. The number of para-hydroxylation sites is 3. The first kappa shape index (κ1) is 107. The van der Waals surface area contributed by atoms with Gasteiger partial charge in [0.2, 0.25) is 5.91 Å². The van der Waals surface area contributed by atoms with E-state index in [1.807, 2.05) is 64.1 Å². The smallest absolute Gasteiger partial charge is 0.267 e. The van der Waals surface area contributed by atoms with E-state index in [0.717, 1.165) is 90.7 Å². The van der Waals surface area contributed by atoms with Crippen molar-refractivity contribution >= 4 is 219 Å². The number of nitrogens with one attached hydrogen (secondary N) is 6. The van der Waals surface area contributed by atoms with Gasteiger partial charge in [-0.3, -0.25) is 39.6 Å². The molecular weight excluding hydrogens is 1920 g/mol. The molecule has 11 rings (SSSR count). The molecule has 712 valence electrons. The highest BCUT2D eigenvalue weighted by atomic mass is 35.5. The van der Waals surface area contributed by atoms with Gasteiger partial charge < -0.3 is 35.5 Å². The summed E-state index contributed by atoms with van der Waals surface area (Å²) in [5, 5.41) is 23.1. The van der Waals surface area contributed by atoms with Crippen LogP contribution < -0.4 is 56.3 Å². The maximum absolute atomic E-state index is 14.6. The van der Waals surface area contributed by atoms with Crippen LogP contribution in [0.25, 0.3) is 0 Å². The van der Waals surface area contributed by atoms with Crippen LogP contribution in [0.2, 0.25) is 40.2 Å². The highest BCUT2D eigenvalue weighted by molar-refractivity contribution is 8.02. The lowest BCUT2D eigenvalue weighted by atomic mass is 10.0. The fourth-order valence-electron chi connectivity index (χ4n) is 14.9. The van der Waals surface area contributed by atoms with Gasteiger partial charge in [0.05, 0.1) is 70.0 Å². The molecule has 2 saturated heterocycles. The molecule has 2 aliphatic heterocycles. The van der Waals surface area contributed by atoms with Gasteiger partial charge in [-0.15, -0.1) is 23.5 Å². The first-order valence-corrected chi connectivity index (χ1v) is 51.7. The molecule has 22 nitrogen and oxygen atoms in total. The van der Waals surface area contributed by atoms with Crippen molar-refractivity contribution in [3.63, 3.8) is 0 Å². The first-order valence-electron chi connectivity index (χ1n) is 45.1. The van der Waals surface area contributed by atoms with Crippen molar-refractivity contribution in [2.75, 3.05) is 42.8 Å². The summed E-state index contributed by atoms with van der Waals surface area (Å²) in [5.74, 6) is -1.96. The molecule has 0 aromatic heterocycles. The Morgan fingerprint density at radius 3 is 1.25 bits per heavy atom. The van der Waals surface area contributed by atoms with Gasteiger partial charge in [0.1, 0.15) is 56.9 Å². The standard InChI is InChI=1S/C53H56Cl4N6O5S.C48H57Cl4N5O6S2/c1-5-6-7-8-9-10-11-12-13-14-22-46(68-45-21-17-15-19-36(45)32-58)52(65)59-38-25-26-39(55)43(31-38)60-50-49(53(66)63(62-50)48-40(56)29-37(54)30-41(48)57)69-47-23-18-16-20-42(47)61-51(64)35(4)67-44-27-24-33(2)28-34(44)3;1-6-7-8-9-10-11-12-13-14-17-24-65(61,62)29-32(4)46(58)53-35-21-22-36(50)40(28-35)54-45-44(48(60)57(56-45)43-37(51)26-34(49)27-38(43)52)64-42-19-16-15-18-39(42)55-47(59)33(5)63-41-23-20-30(2)25-31(41)3/h15-21,23-31,35,46,49H,5-14,22H2,1-4H3,(H,59,65)(H,60,62)(H,61,64);15-16,18-23,25-28,32-33,44H,6-14,17,24,29H2,1-5H3,(H,53,58)(H,54,56)(H,55,59). The predicted molar refractivity (Wildman–Crippen MR) is 552 cm³/mol. The zero-order valence-corrected chi connectivity index (χ0v) is 84.9. The SMILES string of the molecule is CCCCCCCCCCCCC(Oc1ccccc1C#N)C(=O)Nc1ccc(Cl)c(N=C2NN(c3c(Cl)cc(Cl)cc3Cl)C(=O)C2Sc2ccccc2NC(=O)C(C)Oc2ccc(C)cc2C)c1.CCCCCCCCCCCCS(=O)(=O)CC(C)C(=O)Nc1ccc(Cl)c(N=C2NN(c3c(Cl)cc(Cl)cc3Cl)C(=O)C2Sc2ccccc2NC(=O)C(C)Oc2ccc(C)cc2C)c1. The van der Waals surface area contributed by atoms with Gasteiger partial charge in [-0.25, -0.2) is 28.4 Å². The molecule has 6 atom stereocenters. The summed E-state index contributed by atoms with van der Waals surface area (Å²) in [5.41, 5.74) is 12.7. The number of sulfone groups is 1. The molecular formula is C101H113Cl8N11O11S3. The Morgan fingerprint density at radius 1 is 0.448 bits per heavy atom. The molecule has 0 saturated carbocycles. The van der Waals surface area contributed by atoms with Crippen LogP contribution in [0.1, 0.15) is 197 Å². The number of ether oxygens (including phenoxy) is 3. The maximum atomic E-state index is 14.6. The average Bonchev–Trinajstić information content (AvgIpc) is 1.63. The van der Waals surface area contributed by atoms with E-state index in [4.69, 9.17) is 117 Å². The Kier molecular flexibility index (Phi) is 42.0. The molecule has 33 heteroatoms. The normalized spacial score (nSPS) is 15.1. The van der Waals surface area contributed by atoms with Crippen molar-refractivity contribution in [3.05, 3.63) is 238 Å². The van der Waals surface area contributed by atoms with E-state index in [1.54, 1.807) is 124 Å². The third-order valence-corrected chi connectivity index (χ3v) is 28.8. The number of anilines is 6. The number of nitrogens with zero attached hydrogens (tertiary/aromatic N) is 5. The highest BCUT2D eigenvalue weighted by Crippen LogP contribution is 2.45. The van der Waals surface area contributed by atoms with Crippen LogP contribution in [0.15, 0.2) is 190 Å². The number of amides is 6. The lowest BCUT2D eigenvalue weighted by molar-refractivity contribution is -0.123. The highest BCUT2D eigenvalue weighted by Gasteiger charge is 2.44. The minimum absolute atomic E-state index is 0.0379. The first-order chi connectivity index (χ1) is 64.2. The summed E-state index contributed by atoms with van der Waals surface area (Å²) in [6.07, 6.45) is 20.2. The largest absolute Gasteiger partial charge is 0.481 e. The summed E-state index contributed by atoms with van der Waals surface area (Å²) in [4.78, 5) is 94.2. The molecule has 2 fully saturated rings. The molecule has 9 aromatic rings. The number of hydrogen-bond donors (Lipinski definition) is 6. The predicted octanol–water partition coefficient (Wildman–Crippen LogP) is 27.6. The fraction of sp³-hybridized carbons (Fsp3) is 0.376. The Bertz CT molecular complexity index is 5820. The van der Waals surface area contributed by atoms with Gasteiger partial charge >= 0.3 is 0 Å². The molecule has 134 heavy (non-hydrogen) atoms. The third-order valence-electron chi connectivity index (χ3n) is 22.1. The molecule has 0 spiro atoms. The molecule has 6 N–H and O–H groups in total. The number of carbonyl (C=O) groups excluding carboxylic acids is 6. The van der Waals surface area contributed by atoms with Crippen LogP contribution in [-0.4, -0.2) is 95.8 Å². The van der Waals surface area contributed by atoms with Crippen LogP contribution in [0.5, 0.6) is 17.2 Å². The zero-order chi connectivity index (χ0) is 96.7. The average molecular weight is 2040 g/mol. The second kappa shape index (κ2) is 52.8. The van der Waals surface area contributed by atoms with Crippen LogP contribution in [0.3, 0.4) is 0 Å². The van der Waals surface area contributed by atoms with E-state index in [-0.39, 0.29) is 86.1 Å². The molecule has 0 aliphatic carbocycles. The second-order valence-electron chi connectivity index (χ2n) is 33.2. The Balaban J connectivity index is 0.000000278. The number of aryl methyl sites for hydroxylation is 4. The van der Waals surface area contributed by atoms with Gasteiger partial charge in [-0.1, -0.05) is 301 Å². The maximum Gasteiger partial charge on any atom is 0.267 e. The molecule has 6 amide bonds. The van der Waals surface area contributed by atoms with Crippen molar-refractivity contribution < 1.29 is 51.4 Å². The van der Waals surface area contributed by atoms with E-state index in [9.17, 15) is 42.4 Å². The summed E-state index contributed by atoms with van der Waals surface area (Å²) in [6.45, 7) is 17.1. The topological polar surface area (TPSA) is 291 Å². The van der Waals surface area contributed by atoms with Crippen molar-refractivity contribution in [3.8, 4) is 23.3 Å². The number of hydrazine groups is 2. The van der Waals surface area contributed by atoms with Crippen molar-refractivity contribution in [2.45, 2.75) is 236 Å². The molecule has 0 radical (unpaired) electrons. The van der Waals surface area contributed by atoms with Crippen molar-refractivity contribution in [1.82, 2.24) is 10.9 Å². The summed E-state index contributed by atoms with van der Waals surface area (Å²) >= 11 is 54.7. The monoisotopic (exact) mass is 2030 g/mol. The Morgan fingerprint density at radius 2 is 0.836 bits per heavy atom. The van der Waals surface area contributed by atoms with Gasteiger partial charge in [0.25, 0.3) is 29.5 Å². The van der Waals surface area contributed by atoms with Gasteiger partial charge in [-0.05, 0) is 181 Å². The van der Waals surface area contributed by atoms with Crippen LogP contribution >= 0.6 is 116 Å². The van der Waals surface area contributed by atoms with Gasteiger partial charge in [0, 0.05) is 37.1 Å². The quantitative estimate of drug-likeness (QED) is 0.0193. The molecule has 9 aromatic carbocycles. The number of thioether (sulfide) groups is 2. The summed E-state index contributed by atoms with van der Waals surface area (Å²) in [6, 6.07) is 49.8. The van der Waals surface area contributed by atoms with Crippen LogP contribution in [0, 0.1) is 44.9 Å². The molecule has 0 bridgehead atoms. The number of aliphatic imine (C=N–C) groups is 2. The van der Waals surface area contributed by atoms with Crippen molar-refractivity contribution in [2.24, 2.45) is 15.9 Å². The lowest BCUT2D eigenvalue weighted by Gasteiger charge is -2.20. The number of carbonyl (C=O) groups is 6. The summed E-state index contributed by atoms with van der Waals surface area (Å²) in [7, 11) is -3.47. The molecule has 2 aliphatic rings. The van der Waals surface area contributed by atoms with E-state index in [1.165, 1.54) is 117 Å². The number of hydrogen-bond acceptors (Lipinski definition) is 16. The Labute approximate surface area is 835 Å². The van der Waals surface area contributed by atoms with Crippen LogP contribution in [0.4, 0.5) is 45.5 Å². The Hall–Kier alpha value is -9.40. The van der Waals surface area contributed by atoms with E-state index in [0.29, 0.717) is 68.2 Å². The van der Waals surface area contributed by atoms with Crippen LogP contribution in [-0.2, 0) is 38.6 Å². The molecule has 6 unspecified atom stereocenters. The number of unbranched alkanes of at least 4 members (excludes halogenated alkanes) is 18. The second-order valence-corrected chi connectivity index (χ2v) is 41.1.